The molecule has 5 heteroatoms. The predicted octanol–water partition coefficient (Wildman–Crippen LogP) is 3.45. The largest absolute Gasteiger partial charge is 0.481 e. The molecule has 4 rings (SSSR count). The fraction of sp³-hybridized carbons (Fsp3) is 0.958. The number of aliphatic hydroxyl groups excluding tert-OH is 3. The van der Waals surface area contributed by atoms with Gasteiger partial charge in [-0.3, -0.25) is 4.79 Å². The van der Waals surface area contributed by atoms with Crippen molar-refractivity contribution in [2.45, 2.75) is 96.9 Å². The van der Waals surface area contributed by atoms with Gasteiger partial charge in [0.1, 0.15) is 0 Å². The van der Waals surface area contributed by atoms with E-state index >= 15 is 0 Å². The lowest BCUT2D eigenvalue weighted by Gasteiger charge is -2.63. The SMILES string of the molecule is CC(CCC(=O)O)C1CCC2C3C(C[C@H](O)[C@]12C)[C@@]1(C)CC[C@@H](O)C[C@H]1C[C@H]3O. The number of fused-ring (bicyclic) bond motifs is 5. The second-order valence-corrected chi connectivity index (χ2v) is 11.4. The van der Waals surface area contributed by atoms with E-state index in [1.54, 1.807) is 0 Å². The Morgan fingerprint density at radius 2 is 1.76 bits per heavy atom. The van der Waals surface area contributed by atoms with Gasteiger partial charge in [0.25, 0.3) is 0 Å². The Hall–Kier alpha value is -0.650. The maximum atomic E-state index is 11.5. The molecule has 166 valence electrons. The van der Waals surface area contributed by atoms with E-state index in [-0.39, 0.29) is 41.3 Å². The maximum absolute atomic E-state index is 11.5. The van der Waals surface area contributed by atoms with Crippen LogP contribution in [0.4, 0.5) is 0 Å². The summed E-state index contributed by atoms with van der Waals surface area (Å²) in [7, 11) is 0. The number of hydrogen-bond acceptors (Lipinski definition) is 4. The van der Waals surface area contributed by atoms with Crippen molar-refractivity contribution < 1.29 is 25.2 Å². The molecule has 0 aromatic rings. The molecule has 0 bridgehead atoms. The van der Waals surface area contributed by atoms with Crippen LogP contribution in [0.25, 0.3) is 0 Å². The van der Waals surface area contributed by atoms with E-state index in [0.717, 1.165) is 44.9 Å². The molecule has 0 heterocycles. The molecule has 0 aliphatic heterocycles. The van der Waals surface area contributed by atoms with E-state index in [2.05, 4.69) is 20.8 Å². The van der Waals surface area contributed by atoms with Crippen molar-refractivity contribution >= 4 is 5.97 Å². The van der Waals surface area contributed by atoms with Crippen LogP contribution >= 0.6 is 0 Å². The molecular weight excluding hydrogens is 368 g/mol. The number of aliphatic hydroxyl groups is 3. The van der Waals surface area contributed by atoms with Crippen LogP contribution in [0, 0.1) is 46.3 Å². The maximum Gasteiger partial charge on any atom is 0.303 e. The predicted molar refractivity (Wildman–Crippen MR) is 110 cm³/mol. The second kappa shape index (κ2) is 7.49. The molecule has 4 N–H and O–H groups in total. The van der Waals surface area contributed by atoms with Crippen molar-refractivity contribution in [3.63, 3.8) is 0 Å². The van der Waals surface area contributed by atoms with Gasteiger partial charge < -0.3 is 20.4 Å². The van der Waals surface area contributed by atoms with E-state index in [1.807, 2.05) is 0 Å². The van der Waals surface area contributed by atoms with Gasteiger partial charge in [-0.15, -0.1) is 0 Å². The van der Waals surface area contributed by atoms with Gasteiger partial charge in [-0.25, -0.2) is 0 Å². The van der Waals surface area contributed by atoms with Gasteiger partial charge in [-0.2, -0.15) is 0 Å². The molecule has 0 spiro atoms. The second-order valence-electron chi connectivity index (χ2n) is 11.4. The average Bonchev–Trinajstić information content (AvgIpc) is 3.01. The third-order valence-electron chi connectivity index (χ3n) is 10.3. The number of rotatable bonds is 4. The van der Waals surface area contributed by atoms with Gasteiger partial charge in [0.2, 0.25) is 0 Å². The zero-order chi connectivity index (χ0) is 21.1. The molecule has 4 aliphatic rings. The molecule has 0 saturated heterocycles. The number of carboxylic acid groups (broad SMARTS) is 1. The van der Waals surface area contributed by atoms with Crippen molar-refractivity contribution in [3.05, 3.63) is 0 Å². The molecule has 29 heavy (non-hydrogen) atoms. The van der Waals surface area contributed by atoms with Crippen molar-refractivity contribution in [3.8, 4) is 0 Å². The van der Waals surface area contributed by atoms with Crippen molar-refractivity contribution in [1.29, 1.82) is 0 Å². The zero-order valence-electron chi connectivity index (χ0n) is 18.3. The van der Waals surface area contributed by atoms with Gasteiger partial charge in [0.05, 0.1) is 18.3 Å². The summed E-state index contributed by atoms with van der Waals surface area (Å²) in [5.74, 6) is 0.997. The third kappa shape index (κ3) is 3.27. The molecule has 4 aliphatic carbocycles. The Kier molecular flexibility index (Phi) is 5.57. The van der Waals surface area contributed by atoms with Crippen LogP contribution in [0.2, 0.25) is 0 Å². The smallest absolute Gasteiger partial charge is 0.303 e. The Balaban J connectivity index is 1.61. The van der Waals surface area contributed by atoms with Gasteiger partial charge in [0, 0.05) is 6.42 Å². The Morgan fingerprint density at radius 1 is 1.03 bits per heavy atom. The lowest BCUT2D eigenvalue weighted by atomic mass is 9.43. The van der Waals surface area contributed by atoms with Gasteiger partial charge in [0.15, 0.2) is 0 Å². The standard InChI is InChI=1S/C24H40O5/c1-13(4-7-21(28)29)16-5-6-17-22-18(12-20(27)24(16,17)3)23(2)9-8-15(25)10-14(23)11-19(22)26/h13-20,22,25-27H,4-12H2,1-3H3,(H,28,29)/t13?,14-,15+,16?,17?,18?,19+,20-,22?,23-,24+/m0/s1. The van der Waals surface area contributed by atoms with Crippen LogP contribution in [0.1, 0.15) is 78.6 Å². The average molecular weight is 409 g/mol. The van der Waals surface area contributed by atoms with Crippen LogP contribution in [-0.4, -0.2) is 44.7 Å². The van der Waals surface area contributed by atoms with Gasteiger partial charge >= 0.3 is 5.97 Å². The van der Waals surface area contributed by atoms with Gasteiger partial charge in [-0.1, -0.05) is 20.8 Å². The summed E-state index contributed by atoms with van der Waals surface area (Å²) in [4.78, 5) is 11.1. The lowest BCUT2D eigenvalue weighted by molar-refractivity contribution is -0.207. The normalized spacial score (nSPS) is 52.9. The summed E-state index contributed by atoms with van der Waals surface area (Å²) in [5.41, 5.74) is -0.143. The fourth-order valence-electron chi connectivity index (χ4n) is 8.68. The highest BCUT2D eigenvalue weighted by Crippen LogP contribution is 2.68. The minimum atomic E-state index is -0.748. The summed E-state index contributed by atoms with van der Waals surface area (Å²) in [6, 6.07) is 0. The van der Waals surface area contributed by atoms with Crippen LogP contribution in [-0.2, 0) is 4.79 Å². The number of carboxylic acids is 1. The van der Waals surface area contributed by atoms with E-state index in [9.17, 15) is 20.1 Å². The first-order valence-corrected chi connectivity index (χ1v) is 11.8. The first kappa shape index (κ1) is 21.6. The Labute approximate surface area is 174 Å². The molecule has 0 aromatic heterocycles. The molecule has 4 saturated carbocycles. The highest BCUT2D eigenvalue weighted by molar-refractivity contribution is 5.66. The highest BCUT2D eigenvalue weighted by Gasteiger charge is 2.65. The van der Waals surface area contributed by atoms with E-state index in [1.165, 1.54) is 0 Å². The number of carbonyl (C=O) groups is 1. The molecular formula is C24H40O5. The Morgan fingerprint density at radius 3 is 2.45 bits per heavy atom. The van der Waals surface area contributed by atoms with Crippen LogP contribution in [0.3, 0.4) is 0 Å². The first-order valence-electron chi connectivity index (χ1n) is 11.8. The zero-order valence-corrected chi connectivity index (χ0v) is 18.3. The number of hydrogen-bond donors (Lipinski definition) is 4. The van der Waals surface area contributed by atoms with E-state index in [4.69, 9.17) is 5.11 Å². The summed E-state index contributed by atoms with van der Waals surface area (Å²) < 4.78 is 0. The monoisotopic (exact) mass is 408 g/mol. The highest BCUT2D eigenvalue weighted by atomic mass is 16.4. The van der Waals surface area contributed by atoms with Crippen molar-refractivity contribution in [2.24, 2.45) is 46.3 Å². The minimum absolute atomic E-state index is 0.0957. The summed E-state index contributed by atoms with van der Waals surface area (Å²) in [5, 5.41) is 42.0. The fourth-order valence-corrected chi connectivity index (χ4v) is 8.68. The van der Waals surface area contributed by atoms with E-state index in [0.29, 0.717) is 30.1 Å². The molecule has 5 nitrogen and oxygen atoms in total. The molecule has 5 unspecified atom stereocenters. The number of aliphatic carboxylic acids is 1. The topological polar surface area (TPSA) is 98.0 Å². The summed E-state index contributed by atoms with van der Waals surface area (Å²) >= 11 is 0. The molecule has 4 fully saturated rings. The molecule has 11 atom stereocenters. The molecule has 0 amide bonds. The van der Waals surface area contributed by atoms with Crippen molar-refractivity contribution in [1.82, 2.24) is 0 Å². The van der Waals surface area contributed by atoms with Crippen molar-refractivity contribution in [2.75, 3.05) is 0 Å². The minimum Gasteiger partial charge on any atom is -0.481 e. The Bertz CT molecular complexity index is 637. The van der Waals surface area contributed by atoms with Crippen LogP contribution < -0.4 is 0 Å². The summed E-state index contributed by atoms with van der Waals surface area (Å²) in [6.07, 6.45) is 6.00. The molecule has 0 aromatic carbocycles. The first-order chi connectivity index (χ1) is 13.6. The van der Waals surface area contributed by atoms with Gasteiger partial charge in [-0.05, 0) is 97.7 Å². The van der Waals surface area contributed by atoms with Crippen LogP contribution in [0.5, 0.6) is 0 Å². The van der Waals surface area contributed by atoms with Crippen LogP contribution in [0.15, 0.2) is 0 Å². The third-order valence-corrected chi connectivity index (χ3v) is 10.3. The van der Waals surface area contributed by atoms with E-state index < -0.39 is 12.1 Å². The molecule has 0 radical (unpaired) electrons. The lowest BCUT2D eigenvalue weighted by Crippen LogP contribution is -2.62. The summed E-state index contributed by atoms with van der Waals surface area (Å²) in [6.45, 7) is 6.72. The quantitative estimate of drug-likeness (QED) is 0.571.